The van der Waals surface area contributed by atoms with Gasteiger partial charge in [0.2, 0.25) is 0 Å². The Morgan fingerprint density at radius 2 is 1.81 bits per heavy atom. The van der Waals surface area contributed by atoms with Gasteiger partial charge in [0.05, 0.1) is 11.1 Å². The average molecular weight is 461 g/mol. The van der Waals surface area contributed by atoms with Crippen molar-refractivity contribution in [2.24, 2.45) is 0 Å². The lowest BCUT2D eigenvalue weighted by molar-refractivity contribution is 0.267. The van der Waals surface area contributed by atoms with Crippen molar-refractivity contribution >= 4 is 39.1 Å². The summed E-state index contributed by atoms with van der Waals surface area (Å²) in [5.41, 5.74) is 1.89. The number of ether oxygens (including phenoxy) is 2. The molecule has 0 radical (unpaired) electrons. The first kappa shape index (κ1) is 21.4. The third-order valence-electron chi connectivity index (χ3n) is 4.06. The Hall–Kier alpha value is -0.940. The van der Waals surface area contributed by atoms with E-state index in [1.807, 2.05) is 25.1 Å². The number of rotatable bonds is 9. The van der Waals surface area contributed by atoms with Gasteiger partial charge in [0.15, 0.2) is 11.5 Å². The predicted octanol–water partition coefficient (Wildman–Crippen LogP) is 6.62. The Balaban J connectivity index is 2.21. The van der Waals surface area contributed by atoms with Gasteiger partial charge in [0.1, 0.15) is 6.61 Å². The highest BCUT2D eigenvalue weighted by Gasteiger charge is 2.15. The van der Waals surface area contributed by atoms with Crippen molar-refractivity contribution in [2.45, 2.75) is 46.4 Å². The molecule has 26 heavy (non-hydrogen) atoms. The predicted molar refractivity (Wildman–Crippen MR) is 113 cm³/mol. The van der Waals surface area contributed by atoms with Crippen molar-refractivity contribution in [2.75, 3.05) is 6.61 Å². The van der Waals surface area contributed by atoms with Crippen molar-refractivity contribution in [3.8, 4) is 11.5 Å². The summed E-state index contributed by atoms with van der Waals surface area (Å²) in [6.45, 7) is 7.87. The van der Waals surface area contributed by atoms with Gasteiger partial charge in [-0.2, -0.15) is 0 Å². The molecular weight excluding hydrogens is 437 g/mol. The first-order chi connectivity index (χ1) is 12.5. The van der Waals surface area contributed by atoms with Gasteiger partial charge in [-0.3, -0.25) is 0 Å². The Morgan fingerprint density at radius 1 is 1.12 bits per heavy atom. The number of hydrogen-bond donors (Lipinski definition) is 1. The van der Waals surface area contributed by atoms with Gasteiger partial charge < -0.3 is 14.8 Å². The molecule has 0 aliphatic carbocycles. The molecule has 1 N–H and O–H groups in total. The molecule has 2 aromatic carbocycles. The summed E-state index contributed by atoms with van der Waals surface area (Å²) in [5.74, 6) is 1.35. The molecule has 0 heterocycles. The van der Waals surface area contributed by atoms with Gasteiger partial charge in [-0.15, -0.1) is 0 Å². The molecule has 0 aromatic heterocycles. The first-order valence-electron chi connectivity index (χ1n) is 8.70. The van der Waals surface area contributed by atoms with E-state index in [0.717, 1.165) is 28.6 Å². The third kappa shape index (κ3) is 5.78. The van der Waals surface area contributed by atoms with E-state index in [1.165, 1.54) is 0 Å². The SMILES string of the molecule is CCOc1cc(CN[C@H](C)CC)cc(Br)c1OCc1c(Cl)cccc1Cl. The molecule has 6 heteroatoms. The molecular formula is C20H24BrCl2NO2. The fourth-order valence-corrected chi connectivity index (χ4v) is 3.49. The normalized spacial score (nSPS) is 12.1. The minimum absolute atomic E-state index is 0.266. The number of halogens is 3. The van der Waals surface area contributed by atoms with Crippen LogP contribution in [0.5, 0.6) is 11.5 Å². The van der Waals surface area contributed by atoms with Gasteiger partial charge in [-0.25, -0.2) is 0 Å². The zero-order valence-electron chi connectivity index (χ0n) is 15.2. The molecule has 0 aliphatic rings. The van der Waals surface area contributed by atoms with Gasteiger partial charge in [-0.1, -0.05) is 36.2 Å². The van der Waals surface area contributed by atoms with Crippen LogP contribution in [0.15, 0.2) is 34.8 Å². The topological polar surface area (TPSA) is 30.5 Å². The van der Waals surface area contributed by atoms with E-state index in [-0.39, 0.29) is 6.61 Å². The summed E-state index contributed by atoms with van der Waals surface area (Å²) in [6.07, 6.45) is 1.08. The highest BCUT2D eigenvalue weighted by molar-refractivity contribution is 9.10. The molecule has 0 bridgehead atoms. The summed E-state index contributed by atoms with van der Waals surface area (Å²) >= 11 is 16.1. The fourth-order valence-electron chi connectivity index (χ4n) is 2.38. The third-order valence-corrected chi connectivity index (χ3v) is 5.36. The van der Waals surface area contributed by atoms with Gasteiger partial charge in [0, 0.05) is 28.2 Å². The zero-order chi connectivity index (χ0) is 19.1. The van der Waals surface area contributed by atoms with E-state index >= 15 is 0 Å². The first-order valence-corrected chi connectivity index (χ1v) is 10.2. The molecule has 3 nitrogen and oxygen atoms in total. The smallest absolute Gasteiger partial charge is 0.175 e. The van der Waals surface area contributed by atoms with Crippen LogP contribution in [0.2, 0.25) is 10.0 Å². The van der Waals surface area contributed by atoms with Crippen LogP contribution in [0.3, 0.4) is 0 Å². The average Bonchev–Trinajstić information content (AvgIpc) is 2.61. The molecule has 2 rings (SSSR count). The van der Waals surface area contributed by atoms with Crippen molar-refractivity contribution in [1.82, 2.24) is 5.32 Å². The van der Waals surface area contributed by atoms with Crippen LogP contribution in [-0.2, 0) is 13.2 Å². The maximum Gasteiger partial charge on any atom is 0.175 e. The van der Waals surface area contributed by atoms with Crippen LogP contribution < -0.4 is 14.8 Å². The summed E-state index contributed by atoms with van der Waals surface area (Å²) in [5, 5.41) is 4.65. The molecule has 0 aliphatic heterocycles. The molecule has 0 unspecified atom stereocenters. The van der Waals surface area contributed by atoms with Gasteiger partial charge in [-0.05, 0) is 66.0 Å². The van der Waals surface area contributed by atoms with E-state index in [1.54, 1.807) is 12.1 Å². The van der Waals surface area contributed by atoms with Crippen molar-refractivity contribution in [1.29, 1.82) is 0 Å². The lowest BCUT2D eigenvalue weighted by atomic mass is 10.1. The standard InChI is InChI=1S/C20H24BrCl2NO2/c1-4-13(3)24-11-14-9-16(21)20(19(10-14)25-5-2)26-12-15-17(22)7-6-8-18(15)23/h6-10,13,24H,4-5,11-12H2,1-3H3/t13-/m1/s1. The zero-order valence-corrected chi connectivity index (χ0v) is 18.3. The maximum atomic E-state index is 6.23. The Bertz CT molecular complexity index is 720. The van der Waals surface area contributed by atoms with Gasteiger partial charge >= 0.3 is 0 Å². The largest absolute Gasteiger partial charge is 0.490 e. The molecule has 0 saturated heterocycles. The fraction of sp³-hybridized carbons (Fsp3) is 0.400. The molecule has 0 amide bonds. The summed E-state index contributed by atoms with van der Waals surface area (Å²) in [6, 6.07) is 9.93. The van der Waals surface area contributed by atoms with Crippen LogP contribution in [0.1, 0.15) is 38.3 Å². The summed E-state index contributed by atoms with van der Waals surface area (Å²) in [4.78, 5) is 0. The van der Waals surface area contributed by atoms with Gasteiger partial charge in [0.25, 0.3) is 0 Å². The highest BCUT2D eigenvalue weighted by atomic mass is 79.9. The second-order valence-electron chi connectivity index (χ2n) is 6.02. The second kappa shape index (κ2) is 10.4. The highest BCUT2D eigenvalue weighted by Crippen LogP contribution is 2.38. The molecule has 0 fully saturated rings. The number of hydrogen-bond acceptors (Lipinski definition) is 3. The van der Waals surface area contributed by atoms with E-state index < -0.39 is 0 Å². The van der Waals surface area contributed by atoms with Crippen molar-refractivity contribution < 1.29 is 9.47 Å². The lowest BCUT2D eigenvalue weighted by Crippen LogP contribution is -2.24. The monoisotopic (exact) mass is 459 g/mol. The summed E-state index contributed by atoms with van der Waals surface area (Å²) in [7, 11) is 0. The molecule has 142 valence electrons. The molecule has 1 atom stereocenters. The quantitative estimate of drug-likeness (QED) is 0.455. The van der Waals surface area contributed by atoms with Crippen molar-refractivity contribution in [3.63, 3.8) is 0 Å². The van der Waals surface area contributed by atoms with E-state index in [0.29, 0.717) is 34.2 Å². The Morgan fingerprint density at radius 3 is 2.42 bits per heavy atom. The van der Waals surface area contributed by atoms with Crippen LogP contribution in [0, 0.1) is 0 Å². The summed E-state index contributed by atoms with van der Waals surface area (Å²) < 4.78 is 12.6. The van der Waals surface area contributed by atoms with Crippen molar-refractivity contribution in [3.05, 3.63) is 56.0 Å². The molecule has 0 saturated carbocycles. The number of nitrogens with one attached hydrogen (secondary N) is 1. The second-order valence-corrected chi connectivity index (χ2v) is 7.69. The maximum absolute atomic E-state index is 6.23. The molecule has 0 spiro atoms. The van der Waals surface area contributed by atoms with Crippen LogP contribution in [0.4, 0.5) is 0 Å². The van der Waals surface area contributed by atoms with Crippen LogP contribution in [-0.4, -0.2) is 12.6 Å². The van der Waals surface area contributed by atoms with E-state index in [2.05, 4.69) is 35.1 Å². The van der Waals surface area contributed by atoms with Crippen LogP contribution in [0.25, 0.3) is 0 Å². The molecule has 2 aromatic rings. The minimum Gasteiger partial charge on any atom is -0.490 e. The number of benzene rings is 2. The van der Waals surface area contributed by atoms with Crippen LogP contribution >= 0.6 is 39.1 Å². The minimum atomic E-state index is 0.266. The Kier molecular flexibility index (Phi) is 8.55. The van der Waals surface area contributed by atoms with E-state index in [9.17, 15) is 0 Å². The Labute approximate surface area is 174 Å². The van der Waals surface area contributed by atoms with E-state index in [4.69, 9.17) is 32.7 Å². The lowest BCUT2D eigenvalue weighted by Gasteiger charge is -2.17.